The van der Waals surface area contributed by atoms with Crippen molar-refractivity contribution in [3.05, 3.63) is 11.9 Å². The number of anilines is 2. The van der Waals surface area contributed by atoms with Gasteiger partial charge in [-0.05, 0) is 19.1 Å². The quantitative estimate of drug-likeness (QED) is 0.887. The summed E-state index contributed by atoms with van der Waals surface area (Å²) < 4.78 is 0. The predicted octanol–water partition coefficient (Wildman–Crippen LogP) is 3.12. The Bertz CT molecular complexity index is 422. The highest BCUT2D eigenvalue weighted by Crippen LogP contribution is 2.25. The van der Waals surface area contributed by atoms with Gasteiger partial charge in [0.05, 0.1) is 0 Å². The number of rotatable bonds is 4. The summed E-state index contributed by atoms with van der Waals surface area (Å²) in [5, 5.41) is 6.83. The number of thioether (sulfide) groups is 1. The molecule has 1 atom stereocenters. The second kappa shape index (κ2) is 5.99. The first kappa shape index (κ1) is 14.4. The molecule has 1 aliphatic heterocycles. The van der Waals surface area contributed by atoms with Gasteiger partial charge in [0, 0.05) is 29.8 Å². The minimum absolute atomic E-state index is 0.0354. The van der Waals surface area contributed by atoms with Crippen LogP contribution in [0.5, 0.6) is 0 Å². The maximum atomic E-state index is 4.68. The highest BCUT2D eigenvalue weighted by atomic mass is 32.2. The average Bonchev–Trinajstić information content (AvgIpc) is 2.81. The predicted molar refractivity (Wildman–Crippen MR) is 84.2 cm³/mol. The van der Waals surface area contributed by atoms with Crippen molar-refractivity contribution in [1.29, 1.82) is 0 Å². The minimum Gasteiger partial charge on any atom is -0.370 e. The molecule has 0 radical (unpaired) electrons. The molecule has 2 heterocycles. The Labute approximate surface area is 120 Å². The van der Waals surface area contributed by atoms with Gasteiger partial charge in [-0.25, -0.2) is 9.97 Å². The van der Waals surface area contributed by atoms with Crippen LogP contribution in [-0.4, -0.2) is 34.1 Å². The Morgan fingerprint density at radius 2 is 2.05 bits per heavy atom. The van der Waals surface area contributed by atoms with Gasteiger partial charge in [-0.1, -0.05) is 20.8 Å². The van der Waals surface area contributed by atoms with Gasteiger partial charge in [0.15, 0.2) is 0 Å². The van der Waals surface area contributed by atoms with Crippen LogP contribution in [0.4, 0.5) is 11.6 Å². The molecule has 19 heavy (non-hydrogen) atoms. The third-order valence-electron chi connectivity index (χ3n) is 3.04. The first-order chi connectivity index (χ1) is 8.99. The van der Waals surface area contributed by atoms with Crippen molar-refractivity contribution in [2.45, 2.75) is 45.6 Å². The second-order valence-electron chi connectivity index (χ2n) is 5.95. The number of hydrogen-bond donors (Lipinski definition) is 2. The van der Waals surface area contributed by atoms with Crippen LogP contribution in [0.3, 0.4) is 0 Å². The molecule has 1 fully saturated rings. The molecule has 0 aromatic carbocycles. The number of aromatic nitrogens is 2. The second-order valence-corrected chi connectivity index (χ2v) is 7.10. The lowest BCUT2D eigenvalue weighted by Crippen LogP contribution is -2.22. The number of nitrogens with zero attached hydrogens (tertiary/aromatic N) is 2. The zero-order chi connectivity index (χ0) is 13.9. The Kier molecular flexibility index (Phi) is 4.55. The van der Waals surface area contributed by atoms with Gasteiger partial charge in [-0.15, -0.1) is 0 Å². The topological polar surface area (TPSA) is 49.8 Å². The largest absolute Gasteiger partial charge is 0.370 e. The molecule has 2 rings (SSSR count). The fourth-order valence-corrected chi connectivity index (χ4v) is 3.14. The number of hydrogen-bond acceptors (Lipinski definition) is 5. The molecule has 0 aliphatic carbocycles. The molecule has 4 nitrogen and oxygen atoms in total. The molecule has 1 aliphatic rings. The van der Waals surface area contributed by atoms with E-state index in [4.69, 9.17) is 0 Å². The van der Waals surface area contributed by atoms with E-state index in [0.29, 0.717) is 6.04 Å². The van der Waals surface area contributed by atoms with Crippen LogP contribution in [-0.2, 0) is 5.41 Å². The van der Waals surface area contributed by atoms with Gasteiger partial charge in [-0.3, -0.25) is 0 Å². The van der Waals surface area contributed by atoms with Crippen molar-refractivity contribution < 1.29 is 0 Å². The van der Waals surface area contributed by atoms with Crippen LogP contribution < -0.4 is 10.6 Å². The molecule has 0 amide bonds. The van der Waals surface area contributed by atoms with E-state index < -0.39 is 0 Å². The Morgan fingerprint density at radius 1 is 1.32 bits per heavy atom. The summed E-state index contributed by atoms with van der Waals surface area (Å²) in [7, 11) is 0. The van der Waals surface area contributed by atoms with Gasteiger partial charge in [0.2, 0.25) is 0 Å². The number of nitrogens with one attached hydrogen (secondary N) is 2. The van der Waals surface area contributed by atoms with Gasteiger partial charge >= 0.3 is 0 Å². The summed E-state index contributed by atoms with van der Waals surface area (Å²) in [4.78, 5) is 9.28. The van der Waals surface area contributed by atoms with E-state index in [1.165, 1.54) is 17.9 Å². The Morgan fingerprint density at radius 3 is 2.63 bits per heavy atom. The van der Waals surface area contributed by atoms with Gasteiger partial charge in [0.25, 0.3) is 0 Å². The fraction of sp³-hybridized carbons (Fsp3) is 0.714. The van der Waals surface area contributed by atoms with Gasteiger partial charge in [-0.2, -0.15) is 11.8 Å². The average molecular weight is 280 g/mol. The zero-order valence-corrected chi connectivity index (χ0v) is 13.1. The van der Waals surface area contributed by atoms with Crippen molar-refractivity contribution in [3.63, 3.8) is 0 Å². The molecular formula is C14H24N4S. The van der Waals surface area contributed by atoms with Gasteiger partial charge < -0.3 is 10.6 Å². The first-order valence-electron chi connectivity index (χ1n) is 6.96. The van der Waals surface area contributed by atoms with E-state index in [2.05, 4.69) is 48.3 Å². The summed E-state index contributed by atoms with van der Waals surface area (Å²) in [5.74, 6) is 5.17. The van der Waals surface area contributed by atoms with E-state index in [-0.39, 0.29) is 5.41 Å². The van der Waals surface area contributed by atoms with E-state index >= 15 is 0 Å². The lowest BCUT2D eigenvalue weighted by atomic mass is 9.96. The van der Waals surface area contributed by atoms with Gasteiger partial charge in [0.1, 0.15) is 17.5 Å². The minimum atomic E-state index is -0.0354. The molecule has 2 N–H and O–H groups in total. The summed E-state index contributed by atoms with van der Waals surface area (Å²) in [5.41, 5.74) is -0.0354. The van der Waals surface area contributed by atoms with Crippen LogP contribution >= 0.6 is 11.8 Å². The molecule has 5 heteroatoms. The molecule has 106 valence electrons. The maximum absolute atomic E-state index is 4.68. The molecular weight excluding hydrogens is 256 g/mol. The molecule has 1 aromatic rings. The molecule has 1 aromatic heterocycles. The molecule has 1 unspecified atom stereocenters. The van der Waals surface area contributed by atoms with Crippen LogP contribution in [0.15, 0.2) is 6.07 Å². The SMILES string of the molecule is CCNc1cc(NC2CCSC2)nc(C(C)(C)C)n1. The highest BCUT2D eigenvalue weighted by molar-refractivity contribution is 7.99. The smallest absolute Gasteiger partial charge is 0.138 e. The molecule has 0 bridgehead atoms. The molecule has 0 saturated carbocycles. The summed E-state index contributed by atoms with van der Waals surface area (Å²) in [6, 6.07) is 2.56. The lowest BCUT2D eigenvalue weighted by molar-refractivity contribution is 0.546. The van der Waals surface area contributed by atoms with Crippen LogP contribution in [0.25, 0.3) is 0 Å². The Balaban J connectivity index is 2.22. The van der Waals surface area contributed by atoms with Crippen molar-refractivity contribution >= 4 is 23.4 Å². The highest BCUT2D eigenvalue weighted by Gasteiger charge is 2.21. The lowest BCUT2D eigenvalue weighted by Gasteiger charge is -2.20. The van der Waals surface area contributed by atoms with Crippen LogP contribution in [0.1, 0.15) is 39.9 Å². The van der Waals surface area contributed by atoms with E-state index in [1.54, 1.807) is 0 Å². The summed E-state index contributed by atoms with van der Waals surface area (Å²) in [6.45, 7) is 9.40. The molecule has 0 spiro atoms. The first-order valence-corrected chi connectivity index (χ1v) is 8.12. The van der Waals surface area contributed by atoms with Crippen molar-refractivity contribution in [1.82, 2.24) is 9.97 Å². The van der Waals surface area contributed by atoms with Crippen molar-refractivity contribution in [3.8, 4) is 0 Å². The van der Waals surface area contributed by atoms with E-state index in [0.717, 1.165) is 24.0 Å². The van der Waals surface area contributed by atoms with E-state index in [9.17, 15) is 0 Å². The normalized spacial score (nSPS) is 19.5. The van der Waals surface area contributed by atoms with Crippen molar-refractivity contribution in [2.75, 3.05) is 28.7 Å². The third-order valence-corrected chi connectivity index (χ3v) is 4.20. The summed E-state index contributed by atoms with van der Waals surface area (Å²) in [6.07, 6.45) is 1.22. The van der Waals surface area contributed by atoms with Crippen LogP contribution in [0.2, 0.25) is 0 Å². The monoisotopic (exact) mass is 280 g/mol. The Hall–Kier alpha value is -0.970. The standard InChI is InChI=1S/C14H24N4S/c1-5-15-11-8-12(16-10-6-7-19-9-10)18-13(17-11)14(2,3)4/h8,10H,5-7,9H2,1-4H3,(H2,15,16,17,18). The van der Waals surface area contributed by atoms with E-state index in [1.807, 2.05) is 17.8 Å². The molecule has 1 saturated heterocycles. The fourth-order valence-electron chi connectivity index (χ4n) is 1.99. The maximum Gasteiger partial charge on any atom is 0.138 e. The van der Waals surface area contributed by atoms with Crippen LogP contribution in [0, 0.1) is 0 Å². The summed E-state index contributed by atoms with van der Waals surface area (Å²) >= 11 is 2.00. The third kappa shape index (κ3) is 4.00. The van der Waals surface area contributed by atoms with Crippen molar-refractivity contribution in [2.24, 2.45) is 0 Å². The zero-order valence-electron chi connectivity index (χ0n) is 12.3.